The summed E-state index contributed by atoms with van der Waals surface area (Å²) < 4.78 is 1.37. The zero-order valence-electron chi connectivity index (χ0n) is 33.7. The first-order chi connectivity index (χ1) is 26.5. The van der Waals surface area contributed by atoms with Gasteiger partial charge in [0.1, 0.15) is 0 Å². The summed E-state index contributed by atoms with van der Waals surface area (Å²) in [4.78, 5) is 0. The van der Waals surface area contributed by atoms with E-state index in [1.165, 1.54) is 125 Å². The van der Waals surface area contributed by atoms with Crippen LogP contribution in [0.15, 0.2) is 96.1 Å². The Bertz CT molecular complexity index is 1900. The molecule has 0 saturated heterocycles. The van der Waals surface area contributed by atoms with Crippen molar-refractivity contribution in [2.24, 2.45) is 0 Å². The summed E-state index contributed by atoms with van der Waals surface area (Å²) in [6.07, 6.45) is 21.6. The van der Waals surface area contributed by atoms with E-state index in [0.29, 0.717) is 7.25 Å². The zero-order chi connectivity index (χ0) is 36.8. The molecule has 5 aliphatic rings. The van der Waals surface area contributed by atoms with Crippen LogP contribution < -0.4 is 0 Å². The summed E-state index contributed by atoms with van der Waals surface area (Å²) >= 11 is -0.983. The van der Waals surface area contributed by atoms with Gasteiger partial charge in [0, 0.05) is 0 Å². The maximum atomic E-state index is 2.79. The Hall–Kier alpha value is -2.54. The second kappa shape index (κ2) is 15.8. The van der Waals surface area contributed by atoms with Gasteiger partial charge in [-0.3, -0.25) is 0 Å². The van der Waals surface area contributed by atoms with Crippen LogP contribution >= 0.6 is 0 Å². The van der Waals surface area contributed by atoms with Gasteiger partial charge >= 0.3 is 342 Å². The molecule has 4 bridgehead atoms. The first-order valence-electron chi connectivity index (χ1n) is 22.2. The van der Waals surface area contributed by atoms with Gasteiger partial charge in [0.2, 0.25) is 0 Å². The van der Waals surface area contributed by atoms with Crippen LogP contribution in [0.1, 0.15) is 169 Å². The van der Waals surface area contributed by atoms with Gasteiger partial charge in [-0.15, -0.1) is 0 Å². The molecule has 0 N–H and O–H groups in total. The standard InChI is InChI=1S/C52H62Si.Zr/c1-5-7-17-45-35-43-23-15-25-47(41-31-27-39(28-32-41)37-19-11-9-12-20-37)49(43)51(45)53(3,4)52-46(18-8-6-2)36-44-24-16-26-48(50(44)52)42-33-29-40(30-34-42)38-21-13-10-14-22-38;/h15-16,23-38H,5-14,17-22H2,1-4H3;. The predicted molar refractivity (Wildman–Crippen MR) is 231 cm³/mol. The van der Waals surface area contributed by atoms with Crippen molar-refractivity contribution >= 4 is 18.5 Å². The summed E-state index contributed by atoms with van der Waals surface area (Å²) in [6.45, 7) is 10.4. The molecule has 2 atom stereocenters. The second-order valence-electron chi connectivity index (χ2n) is 18.1. The van der Waals surface area contributed by atoms with Gasteiger partial charge in [0.05, 0.1) is 0 Å². The normalized spacial score (nSPS) is 22.1. The number of unbranched alkanes of at least 4 members (excludes halogenated alkanes) is 2. The van der Waals surface area contributed by atoms with Crippen LogP contribution in [0.5, 0.6) is 0 Å². The average Bonchev–Trinajstić information content (AvgIpc) is 3.74. The second-order valence-corrected chi connectivity index (χ2v) is 26.0. The van der Waals surface area contributed by atoms with Gasteiger partial charge in [-0.2, -0.15) is 0 Å². The summed E-state index contributed by atoms with van der Waals surface area (Å²) in [7, 11) is -2.19. The van der Waals surface area contributed by atoms with Gasteiger partial charge in [-0.1, -0.05) is 0 Å². The van der Waals surface area contributed by atoms with Crippen molar-refractivity contribution in [3.05, 3.63) is 129 Å². The number of allylic oxidation sites excluding steroid dienone is 2. The summed E-state index contributed by atoms with van der Waals surface area (Å²) in [5.74, 6) is 1.51. The van der Waals surface area contributed by atoms with Crippen LogP contribution in [0, 0.1) is 0 Å². The van der Waals surface area contributed by atoms with Crippen molar-refractivity contribution in [2.75, 3.05) is 0 Å². The molecule has 278 valence electrons. The van der Waals surface area contributed by atoms with E-state index in [2.05, 4.69) is 112 Å². The van der Waals surface area contributed by atoms with Gasteiger partial charge in [0.15, 0.2) is 0 Å². The van der Waals surface area contributed by atoms with Crippen molar-refractivity contribution in [2.45, 2.75) is 149 Å². The van der Waals surface area contributed by atoms with E-state index in [1.807, 2.05) is 21.5 Å². The van der Waals surface area contributed by atoms with Crippen LogP contribution in [0.4, 0.5) is 0 Å². The third-order valence-electron chi connectivity index (χ3n) is 14.4. The SMILES string of the molecule is CCCCC1=C2c3c(-c4ccc(C5CCCCC5)cc4)cccc3[CH]1[Zr][CH]1C(CCCC)=C(c3c(-c4ccc(C5CCCCC5)cc4)cccc31)[Si]2(C)C. The Morgan fingerprint density at radius 2 is 0.926 bits per heavy atom. The first-order valence-corrected chi connectivity index (χ1v) is 28.0. The Balaban J connectivity index is 1.19. The van der Waals surface area contributed by atoms with Crippen molar-refractivity contribution in [1.82, 2.24) is 0 Å². The maximum absolute atomic E-state index is 2.79. The molecule has 0 radical (unpaired) electrons. The minimum atomic E-state index is -2.19. The number of benzene rings is 4. The molecular formula is C52H62SiZr. The number of hydrogen-bond acceptors (Lipinski definition) is 0. The summed E-state index contributed by atoms with van der Waals surface area (Å²) in [5.41, 5.74) is 19.7. The molecule has 0 nitrogen and oxygen atoms in total. The molecular weight excluding hydrogens is 744 g/mol. The first kappa shape index (κ1) is 37.1. The molecule has 0 aromatic heterocycles. The number of rotatable bonds is 10. The van der Waals surface area contributed by atoms with E-state index >= 15 is 0 Å². The predicted octanol–water partition coefficient (Wildman–Crippen LogP) is 15.7. The number of fused-ring (bicyclic) bond motifs is 8. The van der Waals surface area contributed by atoms with E-state index in [1.54, 1.807) is 33.4 Å². The van der Waals surface area contributed by atoms with Crippen molar-refractivity contribution in [3.63, 3.8) is 0 Å². The van der Waals surface area contributed by atoms with Crippen molar-refractivity contribution in [3.8, 4) is 22.3 Å². The van der Waals surface area contributed by atoms with Gasteiger partial charge < -0.3 is 0 Å². The fourth-order valence-electron chi connectivity index (χ4n) is 11.8. The molecule has 1 heterocycles. The molecule has 2 heteroatoms. The minimum absolute atomic E-state index is 0.686. The molecule has 0 amide bonds. The van der Waals surface area contributed by atoms with Crippen LogP contribution in [-0.4, -0.2) is 8.07 Å². The van der Waals surface area contributed by atoms with Crippen molar-refractivity contribution < 1.29 is 23.2 Å². The Kier molecular flexibility index (Phi) is 10.8. The molecule has 4 aliphatic carbocycles. The fraction of sp³-hybridized carbons (Fsp3) is 0.462. The van der Waals surface area contributed by atoms with Crippen LogP contribution in [-0.2, 0) is 23.2 Å². The Morgan fingerprint density at radius 3 is 1.31 bits per heavy atom. The molecule has 4 aromatic rings. The van der Waals surface area contributed by atoms with Crippen LogP contribution in [0.25, 0.3) is 32.6 Å². The third kappa shape index (κ3) is 6.52. The van der Waals surface area contributed by atoms with Crippen LogP contribution in [0.3, 0.4) is 0 Å². The third-order valence-corrected chi connectivity index (χ3v) is 23.0. The van der Waals surface area contributed by atoms with E-state index in [0.717, 1.165) is 11.8 Å². The molecule has 0 spiro atoms. The zero-order valence-corrected chi connectivity index (χ0v) is 37.2. The van der Waals surface area contributed by atoms with E-state index in [9.17, 15) is 0 Å². The van der Waals surface area contributed by atoms with Crippen molar-refractivity contribution in [1.29, 1.82) is 0 Å². The molecule has 2 saturated carbocycles. The quantitative estimate of drug-likeness (QED) is 0.140. The van der Waals surface area contributed by atoms with Gasteiger partial charge in [-0.05, 0) is 0 Å². The van der Waals surface area contributed by atoms with E-state index < -0.39 is 31.3 Å². The molecule has 54 heavy (non-hydrogen) atoms. The Morgan fingerprint density at radius 1 is 0.519 bits per heavy atom. The fourth-order valence-corrected chi connectivity index (χ4v) is 22.0. The van der Waals surface area contributed by atoms with Gasteiger partial charge in [-0.25, -0.2) is 0 Å². The molecule has 2 fully saturated rings. The van der Waals surface area contributed by atoms with Crippen LogP contribution in [0.2, 0.25) is 13.1 Å². The topological polar surface area (TPSA) is 0 Å². The molecule has 4 aromatic carbocycles. The van der Waals surface area contributed by atoms with E-state index in [-0.39, 0.29) is 0 Å². The molecule has 2 unspecified atom stereocenters. The summed E-state index contributed by atoms with van der Waals surface area (Å²) in [6, 6.07) is 35.1. The molecule has 1 aliphatic heterocycles. The van der Waals surface area contributed by atoms with E-state index in [4.69, 9.17) is 0 Å². The monoisotopic (exact) mass is 804 g/mol. The Labute approximate surface area is 339 Å². The number of hydrogen-bond donors (Lipinski definition) is 0. The average molecular weight is 806 g/mol. The summed E-state index contributed by atoms with van der Waals surface area (Å²) in [5, 5.41) is 3.70. The van der Waals surface area contributed by atoms with Gasteiger partial charge in [0.25, 0.3) is 0 Å². The molecule has 9 rings (SSSR count).